The first-order chi connectivity index (χ1) is 13.3. The van der Waals surface area contributed by atoms with Crippen molar-refractivity contribution >= 4 is 11.9 Å². The zero-order valence-electron chi connectivity index (χ0n) is 16.0. The van der Waals surface area contributed by atoms with Gasteiger partial charge in [0.05, 0.1) is 0 Å². The minimum Gasteiger partial charge on any atom is -0.381 e. The van der Waals surface area contributed by atoms with E-state index in [1.807, 2.05) is 12.3 Å². The van der Waals surface area contributed by atoms with Crippen LogP contribution in [0.3, 0.4) is 0 Å². The number of ether oxygens (including phenoxy) is 1. The van der Waals surface area contributed by atoms with E-state index in [4.69, 9.17) is 9.72 Å². The zero-order valence-corrected chi connectivity index (χ0v) is 16.0. The van der Waals surface area contributed by atoms with Crippen LogP contribution >= 0.6 is 0 Å². The van der Waals surface area contributed by atoms with E-state index >= 15 is 0 Å². The maximum Gasteiger partial charge on any atom is 0.225 e. The highest BCUT2D eigenvalue weighted by molar-refractivity contribution is 5.76. The Bertz CT molecular complexity index is 629. The van der Waals surface area contributed by atoms with Crippen LogP contribution in [0.1, 0.15) is 50.1 Å². The van der Waals surface area contributed by atoms with E-state index in [1.165, 1.54) is 0 Å². The van der Waals surface area contributed by atoms with Gasteiger partial charge in [-0.05, 0) is 57.2 Å². The molecule has 1 unspecified atom stereocenters. The Morgan fingerprint density at radius 1 is 1.22 bits per heavy atom. The largest absolute Gasteiger partial charge is 0.381 e. The summed E-state index contributed by atoms with van der Waals surface area (Å²) in [6.45, 7) is 5.41. The van der Waals surface area contributed by atoms with E-state index in [-0.39, 0.29) is 11.9 Å². The van der Waals surface area contributed by atoms with Crippen LogP contribution in [0.15, 0.2) is 12.3 Å². The number of nitrogens with zero attached hydrogens (tertiary/aromatic N) is 3. The van der Waals surface area contributed by atoms with E-state index in [2.05, 4.69) is 20.5 Å². The lowest BCUT2D eigenvalue weighted by molar-refractivity contribution is -0.122. The minimum absolute atomic E-state index is 0.200. The molecule has 3 aliphatic rings. The first kappa shape index (κ1) is 18.6. The third-order valence-electron chi connectivity index (χ3n) is 6.07. The van der Waals surface area contributed by atoms with Gasteiger partial charge in [-0.3, -0.25) is 4.79 Å². The highest BCUT2D eigenvalue weighted by Crippen LogP contribution is 2.27. The van der Waals surface area contributed by atoms with Gasteiger partial charge in [0.1, 0.15) is 0 Å². The second-order valence-electron chi connectivity index (χ2n) is 8.06. The highest BCUT2D eigenvalue weighted by Gasteiger charge is 2.27. The normalized spacial score (nSPS) is 24.9. The van der Waals surface area contributed by atoms with Crippen LogP contribution in [0.4, 0.5) is 5.95 Å². The Morgan fingerprint density at radius 2 is 2.04 bits per heavy atom. The molecule has 0 bridgehead atoms. The maximum absolute atomic E-state index is 12.4. The summed E-state index contributed by atoms with van der Waals surface area (Å²) >= 11 is 0. The third-order valence-corrected chi connectivity index (χ3v) is 6.07. The van der Waals surface area contributed by atoms with E-state index in [0.29, 0.717) is 18.3 Å². The number of anilines is 1. The summed E-state index contributed by atoms with van der Waals surface area (Å²) < 4.78 is 5.46. The topological polar surface area (TPSA) is 79.4 Å². The molecule has 3 aliphatic heterocycles. The van der Waals surface area contributed by atoms with E-state index in [9.17, 15) is 4.79 Å². The molecule has 0 aliphatic carbocycles. The molecular weight excluding hydrogens is 342 g/mol. The van der Waals surface area contributed by atoms with Crippen LogP contribution < -0.4 is 15.5 Å². The number of amides is 1. The van der Waals surface area contributed by atoms with Gasteiger partial charge in [-0.25, -0.2) is 9.97 Å². The predicted octanol–water partition coefficient (Wildman–Crippen LogP) is 1.46. The average Bonchev–Trinajstić information content (AvgIpc) is 3.18. The van der Waals surface area contributed by atoms with Gasteiger partial charge >= 0.3 is 0 Å². The Labute approximate surface area is 161 Å². The van der Waals surface area contributed by atoms with Gasteiger partial charge in [-0.2, -0.15) is 0 Å². The van der Waals surface area contributed by atoms with Gasteiger partial charge in [0.2, 0.25) is 11.9 Å². The lowest BCUT2D eigenvalue weighted by atomic mass is 9.94. The van der Waals surface area contributed by atoms with Crippen molar-refractivity contribution in [1.82, 2.24) is 20.6 Å². The number of piperidine rings is 1. The Balaban J connectivity index is 1.29. The van der Waals surface area contributed by atoms with Crippen LogP contribution in [0.2, 0.25) is 0 Å². The summed E-state index contributed by atoms with van der Waals surface area (Å²) in [6, 6.07) is 2.24. The van der Waals surface area contributed by atoms with Crippen LogP contribution in [-0.4, -0.2) is 61.3 Å². The molecule has 4 rings (SSSR count). The molecule has 7 heteroatoms. The summed E-state index contributed by atoms with van der Waals surface area (Å²) in [4.78, 5) is 23.9. The van der Waals surface area contributed by atoms with E-state index < -0.39 is 0 Å². The van der Waals surface area contributed by atoms with Crippen molar-refractivity contribution in [1.29, 1.82) is 0 Å². The molecule has 7 nitrogen and oxygen atoms in total. The predicted molar refractivity (Wildman–Crippen MR) is 104 cm³/mol. The molecule has 1 aromatic rings. The molecule has 0 radical (unpaired) electrons. The minimum atomic E-state index is 0.200. The molecule has 0 saturated carbocycles. The van der Waals surface area contributed by atoms with Gasteiger partial charge in [-0.15, -0.1) is 0 Å². The Morgan fingerprint density at radius 3 is 2.85 bits per heavy atom. The molecule has 0 aromatic carbocycles. The number of hydrogen-bond acceptors (Lipinski definition) is 6. The van der Waals surface area contributed by atoms with Crippen LogP contribution in [0.25, 0.3) is 0 Å². The van der Waals surface area contributed by atoms with Crippen LogP contribution in [0, 0.1) is 5.92 Å². The molecule has 2 N–H and O–H groups in total. The van der Waals surface area contributed by atoms with Gasteiger partial charge in [-0.1, -0.05) is 0 Å². The standard InChI is InChI=1S/C20H31N5O2/c26-19(13-15-1-7-21-8-2-15)23-17-4-10-25(14-17)20-22-9-3-18(24-20)16-5-11-27-12-6-16/h3,9,15-17,21H,1-2,4-8,10-14H2,(H,23,26). The lowest BCUT2D eigenvalue weighted by Gasteiger charge is -2.24. The van der Waals surface area contributed by atoms with Gasteiger partial charge in [0.25, 0.3) is 0 Å². The van der Waals surface area contributed by atoms with Crippen molar-refractivity contribution in [3.63, 3.8) is 0 Å². The molecule has 1 aromatic heterocycles. The zero-order chi connectivity index (χ0) is 18.5. The third kappa shape index (κ3) is 4.96. The maximum atomic E-state index is 12.4. The number of rotatable bonds is 5. The molecule has 3 fully saturated rings. The summed E-state index contributed by atoms with van der Waals surface area (Å²) in [5.41, 5.74) is 1.13. The summed E-state index contributed by atoms with van der Waals surface area (Å²) in [5.74, 6) is 2.01. The summed E-state index contributed by atoms with van der Waals surface area (Å²) in [5, 5.41) is 6.58. The van der Waals surface area contributed by atoms with E-state index in [1.54, 1.807) is 0 Å². The fraction of sp³-hybridized carbons (Fsp3) is 0.750. The van der Waals surface area contributed by atoms with Crippen molar-refractivity contribution < 1.29 is 9.53 Å². The fourth-order valence-electron chi connectivity index (χ4n) is 4.43. The van der Waals surface area contributed by atoms with Gasteiger partial charge < -0.3 is 20.3 Å². The molecular formula is C20H31N5O2. The summed E-state index contributed by atoms with van der Waals surface area (Å²) in [7, 11) is 0. The van der Waals surface area contributed by atoms with Crippen molar-refractivity contribution in [2.45, 2.75) is 50.5 Å². The molecule has 4 heterocycles. The van der Waals surface area contributed by atoms with Crippen molar-refractivity contribution in [2.75, 3.05) is 44.3 Å². The van der Waals surface area contributed by atoms with Gasteiger partial charge in [0, 0.05) is 56.6 Å². The second-order valence-corrected chi connectivity index (χ2v) is 8.06. The lowest BCUT2D eigenvalue weighted by Crippen LogP contribution is -2.39. The molecule has 3 saturated heterocycles. The van der Waals surface area contributed by atoms with Crippen LogP contribution in [-0.2, 0) is 9.53 Å². The second kappa shape index (κ2) is 8.97. The quantitative estimate of drug-likeness (QED) is 0.813. The Kier molecular flexibility index (Phi) is 6.19. The number of carbonyl (C=O) groups excluding carboxylic acids is 1. The first-order valence-corrected chi connectivity index (χ1v) is 10.4. The fourth-order valence-corrected chi connectivity index (χ4v) is 4.43. The number of hydrogen-bond donors (Lipinski definition) is 2. The smallest absolute Gasteiger partial charge is 0.225 e. The molecule has 1 amide bonds. The average molecular weight is 374 g/mol. The first-order valence-electron chi connectivity index (χ1n) is 10.4. The van der Waals surface area contributed by atoms with Crippen molar-refractivity contribution in [3.05, 3.63) is 18.0 Å². The number of nitrogens with one attached hydrogen (secondary N) is 2. The van der Waals surface area contributed by atoms with Crippen molar-refractivity contribution in [3.8, 4) is 0 Å². The molecule has 1 atom stereocenters. The monoisotopic (exact) mass is 373 g/mol. The summed E-state index contributed by atoms with van der Waals surface area (Å²) in [6.07, 6.45) is 7.78. The number of carbonyl (C=O) groups is 1. The van der Waals surface area contributed by atoms with Gasteiger partial charge in [0.15, 0.2) is 0 Å². The molecule has 0 spiro atoms. The Hall–Kier alpha value is -1.73. The molecule has 148 valence electrons. The SMILES string of the molecule is O=C(CC1CCNCC1)NC1CCN(c2nccc(C3CCOCC3)n2)C1. The number of aromatic nitrogens is 2. The van der Waals surface area contributed by atoms with Crippen LogP contribution in [0.5, 0.6) is 0 Å². The van der Waals surface area contributed by atoms with E-state index in [0.717, 1.165) is 83.1 Å². The highest BCUT2D eigenvalue weighted by atomic mass is 16.5. The van der Waals surface area contributed by atoms with Crippen molar-refractivity contribution in [2.24, 2.45) is 5.92 Å². The molecule has 27 heavy (non-hydrogen) atoms.